The highest BCUT2D eigenvalue weighted by atomic mass is 35.5. The average molecular weight is 414 g/mol. The van der Waals surface area contributed by atoms with Crippen molar-refractivity contribution >= 4 is 23.5 Å². The van der Waals surface area contributed by atoms with Crippen LogP contribution in [-0.4, -0.2) is 39.2 Å². The van der Waals surface area contributed by atoms with Gasteiger partial charge in [0.1, 0.15) is 5.69 Å². The van der Waals surface area contributed by atoms with E-state index in [1.165, 1.54) is 12.8 Å². The smallest absolute Gasteiger partial charge is 0.318 e. The molecule has 1 aromatic carbocycles. The number of halogens is 1. The van der Waals surface area contributed by atoms with Crippen molar-refractivity contribution in [3.63, 3.8) is 0 Å². The highest BCUT2D eigenvalue weighted by Crippen LogP contribution is 2.60. The zero-order valence-electron chi connectivity index (χ0n) is 16.4. The maximum atomic E-state index is 12.7. The summed E-state index contributed by atoms with van der Waals surface area (Å²) in [6.45, 7) is 3.30. The Labute approximate surface area is 174 Å². The third-order valence-corrected chi connectivity index (χ3v) is 7.01. The molecule has 2 aromatic rings. The van der Waals surface area contributed by atoms with Crippen LogP contribution in [0.1, 0.15) is 47.3 Å². The summed E-state index contributed by atoms with van der Waals surface area (Å²) in [5.41, 5.74) is 9.52. The molecule has 5 rings (SSSR count). The molecule has 7 nitrogen and oxygen atoms in total. The lowest BCUT2D eigenvalue weighted by Gasteiger charge is -2.38. The van der Waals surface area contributed by atoms with Crippen molar-refractivity contribution in [1.82, 2.24) is 20.0 Å². The summed E-state index contributed by atoms with van der Waals surface area (Å²) in [6.07, 6.45) is 4.79. The Hall–Kier alpha value is -2.54. The van der Waals surface area contributed by atoms with E-state index in [9.17, 15) is 9.59 Å². The summed E-state index contributed by atoms with van der Waals surface area (Å²) in [5.74, 6) is -0.546. The van der Waals surface area contributed by atoms with E-state index in [1.807, 2.05) is 19.1 Å². The number of hydrogen-bond acceptors (Lipinski definition) is 3. The SMILES string of the molecule is Cc1ccc(-c2nn3c(c2C(N)=O)CN(C(=O)NC2CC4(CC4)C2)CC3)cc1Cl. The Morgan fingerprint density at radius 3 is 2.69 bits per heavy atom. The molecule has 2 heterocycles. The van der Waals surface area contributed by atoms with Gasteiger partial charge in [-0.1, -0.05) is 23.7 Å². The summed E-state index contributed by atoms with van der Waals surface area (Å²) in [5, 5.41) is 8.37. The molecule has 0 radical (unpaired) electrons. The van der Waals surface area contributed by atoms with Crippen molar-refractivity contribution in [2.24, 2.45) is 11.1 Å². The Kier molecular flexibility index (Phi) is 4.13. The van der Waals surface area contributed by atoms with E-state index in [4.69, 9.17) is 17.3 Å². The zero-order chi connectivity index (χ0) is 20.3. The van der Waals surface area contributed by atoms with Gasteiger partial charge in [-0.25, -0.2) is 4.79 Å². The third-order valence-electron chi connectivity index (χ3n) is 6.60. The number of nitrogens with one attached hydrogen (secondary N) is 1. The van der Waals surface area contributed by atoms with Crippen LogP contribution >= 0.6 is 11.6 Å². The molecule has 0 unspecified atom stereocenters. The monoisotopic (exact) mass is 413 g/mol. The molecule has 0 atom stereocenters. The van der Waals surface area contributed by atoms with Crippen molar-refractivity contribution in [3.05, 3.63) is 40.0 Å². The minimum absolute atomic E-state index is 0.0756. The molecule has 8 heteroatoms. The predicted molar refractivity (Wildman–Crippen MR) is 110 cm³/mol. The summed E-state index contributed by atoms with van der Waals surface area (Å²) in [7, 11) is 0. The van der Waals surface area contributed by atoms with Gasteiger partial charge in [0.05, 0.1) is 24.3 Å². The molecule has 2 saturated carbocycles. The molecule has 1 aliphatic heterocycles. The van der Waals surface area contributed by atoms with E-state index in [0.29, 0.717) is 47.0 Å². The van der Waals surface area contributed by atoms with Gasteiger partial charge in [0.15, 0.2) is 0 Å². The molecule has 2 fully saturated rings. The maximum Gasteiger partial charge on any atom is 0.318 e. The van der Waals surface area contributed by atoms with Gasteiger partial charge >= 0.3 is 6.03 Å². The molecular formula is C21H24ClN5O2. The molecule has 152 valence electrons. The molecule has 0 saturated heterocycles. The molecule has 29 heavy (non-hydrogen) atoms. The summed E-state index contributed by atoms with van der Waals surface area (Å²) < 4.78 is 1.79. The number of amides is 3. The van der Waals surface area contributed by atoms with Crippen LogP contribution in [0.25, 0.3) is 11.3 Å². The third kappa shape index (κ3) is 3.17. The molecule has 3 N–H and O–H groups in total. The summed E-state index contributed by atoms with van der Waals surface area (Å²) in [6, 6.07) is 5.78. The molecule has 3 aliphatic rings. The topological polar surface area (TPSA) is 93.2 Å². The number of nitrogens with two attached hydrogens (primary N) is 1. The number of hydrogen-bond donors (Lipinski definition) is 2. The Morgan fingerprint density at radius 2 is 2.03 bits per heavy atom. The summed E-state index contributed by atoms with van der Waals surface area (Å²) in [4.78, 5) is 26.8. The van der Waals surface area contributed by atoms with Crippen LogP contribution in [0.4, 0.5) is 4.79 Å². The van der Waals surface area contributed by atoms with Crippen molar-refractivity contribution < 1.29 is 9.59 Å². The molecule has 3 amide bonds. The van der Waals surface area contributed by atoms with E-state index < -0.39 is 5.91 Å². The average Bonchev–Trinajstić information content (AvgIpc) is 3.35. The second-order valence-electron chi connectivity index (χ2n) is 8.70. The van der Waals surface area contributed by atoms with Gasteiger partial charge in [-0.15, -0.1) is 0 Å². The Balaban J connectivity index is 1.39. The van der Waals surface area contributed by atoms with E-state index in [0.717, 1.165) is 24.0 Å². The largest absolute Gasteiger partial charge is 0.365 e. The quantitative estimate of drug-likeness (QED) is 0.809. The van der Waals surface area contributed by atoms with E-state index in [-0.39, 0.29) is 12.1 Å². The number of carbonyl (C=O) groups is 2. The first-order valence-corrected chi connectivity index (χ1v) is 10.4. The number of aryl methyl sites for hydroxylation is 1. The number of primary amides is 1. The molecule has 0 bridgehead atoms. The van der Waals surface area contributed by atoms with Gasteiger partial charge in [-0.3, -0.25) is 9.48 Å². The van der Waals surface area contributed by atoms with Gasteiger partial charge in [-0.05, 0) is 49.7 Å². The van der Waals surface area contributed by atoms with Crippen LogP contribution in [0.15, 0.2) is 18.2 Å². The first-order valence-electron chi connectivity index (χ1n) is 10.1. The Bertz CT molecular complexity index is 1020. The number of aromatic nitrogens is 2. The lowest BCUT2D eigenvalue weighted by Crippen LogP contribution is -2.52. The van der Waals surface area contributed by atoms with Crippen molar-refractivity contribution in [2.75, 3.05) is 6.54 Å². The van der Waals surface area contributed by atoms with Crippen molar-refractivity contribution in [1.29, 1.82) is 0 Å². The van der Waals surface area contributed by atoms with E-state index in [1.54, 1.807) is 15.6 Å². The molecule has 1 aromatic heterocycles. The maximum absolute atomic E-state index is 12.7. The van der Waals surface area contributed by atoms with Crippen LogP contribution in [0.5, 0.6) is 0 Å². The fourth-order valence-corrected chi connectivity index (χ4v) is 4.81. The second-order valence-corrected chi connectivity index (χ2v) is 9.11. The van der Waals surface area contributed by atoms with Gasteiger partial charge in [0, 0.05) is 23.2 Å². The van der Waals surface area contributed by atoms with Crippen molar-refractivity contribution in [2.45, 2.75) is 51.7 Å². The summed E-state index contributed by atoms with van der Waals surface area (Å²) >= 11 is 6.27. The van der Waals surface area contributed by atoms with Crippen LogP contribution < -0.4 is 11.1 Å². The van der Waals surface area contributed by atoms with Crippen LogP contribution in [0.3, 0.4) is 0 Å². The van der Waals surface area contributed by atoms with Gasteiger partial charge < -0.3 is 16.0 Å². The first kappa shape index (κ1) is 18.5. The van der Waals surface area contributed by atoms with Gasteiger partial charge in [0.2, 0.25) is 0 Å². The normalized spacial score (nSPS) is 19.6. The number of nitrogens with zero attached hydrogens (tertiary/aromatic N) is 3. The van der Waals surface area contributed by atoms with Gasteiger partial charge in [-0.2, -0.15) is 5.10 Å². The fourth-order valence-electron chi connectivity index (χ4n) is 4.63. The number of rotatable bonds is 3. The van der Waals surface area contributed by atoms with Crippen LogP contribution in [0, 0.1) is 12.3 Å². The lowest BCUT2D eigenvalue weighted by molar-refractivity contribution is 0.0996. The molecule has 2 aliphatic carbocycles. The highest BCUT2D eigenvalue weighted by Gasteiger charge is 2.53. The van der Waals surface area contributed by atoms with Crippen LogP contribution in [-0.2, 0) is 13.1 Å². The van der Waals surface area contributed by atoms with E-state index >= 15 is 0 Å². The number of carbonyl (C=O) groups excluding carboxylic acids is 2. The minimum Gasteiger partial charge on any atom is -0.365 e. The fraction of sp³-hybridized carbons (Fsp3) is 0.476. The molecular weight excluding hydrogens is 390 g/mol. The van der Waals surface area contributed by atoms with Gasteiger partial charge in [0.25, 0.3) is 5.91 Å². The standard InChI is InChI=1S/C21H24ClN5O2/c1-12-2-3-13(8-15(12)22)18-17(19(23)28)16-11-26(6-7-27(16)25-18)20(29)24-14-9-21(10-14)4-5-21/h2-3,8,14H,4-7,9-11H2,1H3,(H2,23,28)(H,24,29). The van der Waals surface area contributed by atoms with Crippen molar-refractivity contribution in [3.8, 4) is 11.3 Å². The first-order chi connectivity index (χ1) is 13.8. The number of urea groups is 1. The minimum atomic E-state index is -0.546. The zero-order valence-corrected chi connectivity index (χ0v) is 17.1. The van der Waals surface area contributed by atoms with E-state index in [2.05, 4.69) is 10.4 Å². The predicted octanol–water partition coefficient (Wildman–Crippen LogP) is 3.08. The lowest BCUT2D eigenvalue weighted by atomic mass is 9.77. The van der Waals surface area contributed by atoms with Crippen LogP contribution in [0.2, 0.25) is 5.02 Å². The second kappa shape index (κ2) is 6.49. The number of fused-ring (bicyclic) bond motifs is 1. The number of benzene rings is 1. The highest BCUT2D eigenvalue weighted by molar-refractivity contribution is 6.31. The Morgan fingerprint density at radius 1 is 1.28 bits per heavy atom. The molecule has 1 spiro atoms.